The molecule has 2 amide bonds. The Labute approximate surface area is 188 Å². The minimum Gasteiger partial charge on any atom is -0.427 e. The van der Waals surface area contributed by atoms with Crippen molar-refractivity contribution in [1.29, 1.82) is 0 Å². The van der Waals surface area contributed by atoms with E-state index < -0.39 is 5.97 Å². The molecule has 162 valence electrons. The van der Waals surface area contributed by atoms with Crippen molar-refractivity contribution in [2.45, 2.75) is 19.4 Å². The summed E-state index contributed by atoms with van der Waals surface area (Å²) in [6, 6.07) is 13.9. The van der Waals surface area contributed by atoms with Gasteiger partial charge in [-0.2, -0.15) is 0 Å². The lowest BCUT2D eigenvalue weighted by molar-refractivity contribution is -0.132. The minimum atomic E-state index is -0.429. The van der Waals surface area contributed by atoms with E-state index in [-0.39, 0.29) is 47.5 Å². The summed E-state index contributed by atoms with van der Waals surface area (Å²) in [6.45, 7) is 1.32. The number of anilines is 1. The largest absolute Gasteiger partial charge is 0.427 e. The standard InChI is InChI=1S/C24H19ClN2O5/c1-11(28)31-15-8-6-14(7-9-15)27-23(29)18-16-10-17(19(18)24(27)30)22-20(16)21(26-32-22)12-2-4-13(25)5-3-12/h2-9,16-20,22H,10H2,1H3/t16-,17+,18+,19+,20+,22-/m1/s1. The number of amides is 2. The van der Waals surface area contributed by atoms with Crippen LogP contribution in [-0.2, 0) is 19.2 Å². The van der Waals surface area contributed by atoms with E-state index in [0.29, 0.717) is 16.5 Å². The lowest BCUT2D eigenvalue weighted by Gasteiger charge is -2.29. The molecule has 0 spiro atoms. The molecule has 0 N–H and O–H groups in total. The number of carbonyl (C=O) groups is 3. The summed E-state index contributed by atoms with van der Waals surface area (Å²) in [6.07, 6.45) is 0.600. The minimum absolute atomic E-state index is 0.00805. The van der Waals surface area contributed by atoms with E-state index >= 15 is 0 Å². The highest BCUT2D eigenvalue weighted by Gasteiger charge is 2.70. The smallest absolute Gasteiger partial charge is 0.308 e. The van der Waals surface area contributed by atoms with Crippen molar-refractivity contribution in [3.63, 3.8) is 0 Å². The molecule has 2 bridgehead atoms. The lowest BCUT2D eigenvalue weighted by atomic mass is 9.71. The predicted octanol–water partition coefficient (Wildman–Crippen LogP) is 3.44. The van der Waals surface area contributed by atoms with E-state index in [1.54, 1.807) is 24.3 Å². The van der Waals surface area contributed by atoms with Gasteiger partial charge in [-0.1, -0.05) is 28.9 Å². The van der Waals surface area contributed by atoms with Crippen LogP contribution in [0, 0.1) is 29.6 Å². The SMILES string of the molecule is CC(=O)Oc1ccc(N2C(=O)[C@H]3[C@@H]4C[C@@H]([C@H]5C(c6ccc(Cl)cc6)=NO[C@H]45)[C@@H]3C2=O)cc1. The van der Waals surface area contributed by atoms with Gasteiger partial charge < -0.3 is 9.57 Å². The monoisotopic (exact) mass is 450 g/mol. The van der Waals surface area contributed by atoms with Gasteiger partial charge in [0.15, 0.2) is 0 Å². The fourth-order valence-corrected chi connectivity index (χ4v) is 6.19. The first-order chi connectivity index (χ1) is 15.4. The van der Waals surface area contributed by atoms with Gasteiger partial charge in [0.2, 0.25) is 11.8 Å². The number of imide groups is 1. The van der Waals surface area contributed by atoms with Crippen LogP contribution in [0.5, 0.6) is 5.75 Å². The average molecular weight is 451 g/mol. The van der Waals surface area contributed by atoms with E-state index in [1.807, 2.05) is 24.3 Å². The first kappa shape index (κ1) is 19.5. The highest BCUT2D eigenvalue weighted by atomic mass is 35.5. The maximum Gasteiger partial charge on any atom is 0.308 e. The zero-order chi connectivity index (χ0) is 22.1. The molecule has 6 atom stereocenters. The Hall–Kier alpha value is -3.19. The van der Waals surface area contributed by atoms with Crippen LogP contribution in [0.2, 0.25) is 5.02 Å². The van der Waals surface area contributed by atoms with Crippen molar-refractivity contribution in [2.75, 3.05) is 4.90 Å². The van der Waals surface area contributed by atoms with Gasteiger partial charge in [0.05, 0.1) is 23.2 Å². The number of rotatable bonds is 3. The maximum atomic E-state index is 13.4. The molecule has 2 aromatic rings. The number of carbonyl (C=O) groups excluding carboxylic acids is 3. The summed E-state index contributed by atoms with van der Waals surface area (Å²) >= 11 is 6.03. The fraction of sp³-hybridized carbons (Fsp3) is 0.333. The number of fused-ring (bicyclic) bond motifs is 8. The molecule has 8 heteroatoms. The Bertz CT molecular complexity index is 1180. The van der Waals surface area contributed by atoms with Gasteiger partial charge in [-0.15, -0.1) is 0 Å². The van der Waals surface area contributed by atoms with Gasteiger partial charge in [0.1, 0.15) is 11.9 Å². The van der Waals surface area contributed by atoms with Crippen LogP contribution >= 0.6 is 11.6 Å². The molecule has 4 aliphatic rings. The topological polar surface area (TPSA) is 85.3 Å². The molecule has 2 saturated carbocycles. The molecule has 3 fully saturated rings. The highest BCUT2D eigenvalue weighted by Crippen LogP contribution is 2.62. The van der Waals surface area contributed by atoms with Gasteiger partial charge in [0.25, 0.3) is 0 Å². The molecule has 1 saturated heterocycles. The predicted molar refractivity (Wildman–Crippen MR) is 115 cm³/mol. The van der Waals surface area contributed by atoms with Crippen LogP contribution in [-0.4, -0.2) is 29.6 Å². The normalized spacial score (nSPS) is 31.9. The first-order valence-corrected chi connectivity index (χ1v) is 11.0. The molecular formula is C24H19ClN2O5. The number of oxime groups is 1. The van der Waals surface area contributed by atoms with Crippen LogP contribution in [0.4, 0.5) is 5.69 Å². The van der Waals surface area contributed by atoms with Gasteiger partial charge in [0, 0.05) is 23.8 Å². The summed E-state index contributed by atoms with van der Waals surface area (Å²) in [5, 5.41) is 4.99. The highest BCUT2D eigenvalue weighted by molar-refractivity contribution is 6.30. The molecule has 32 heavy (non-hydrogen) atoms. The first-order valence-electron chi connectivity index (χ1n) is 10.6. The van der Waals surface area contributed by atoms with E-state index in [1.165, 1.54) is 11.8 Å². The number of ether oxygens (including phenoxy) is 1. The van der Waals surface area contributed by atoms with Crippen molar-refractivity contribution in [1.82, 2.24) is 0 Å². The maximum absolute atomic E-state index is 13.4. The number of esters is 1. The van der Waals surface area contributed by atoms with Gasteiger partial charge in [-0.3, -0.25) is 19.3 Å². The zero-order valence-electron chi connectivity index (χ0n) is 17.1. The fourth-order valence-electron chi connectivity index (χ4n) is 6.07. The van der Waals surface area contributed by atoms with Crippen molar-refractivity contribution < 1.29 is 24.0 Å². The molecule has 7 nitrogen and oxygen atoms in total. The number of hydrogen-bond donors (Lipinski definition) is 0. The number of hydrogen-bond acceptors (Lipinski definition) is 6. The lowest BCUT2D eigenvalue weighted by Crippen LogP contribution is -2.41. The molecule has 2 aliphatic heterocycles. The van der Waals surface area contributed by atoms with E-state index in [2.05, 4.69) is 5.16 Å². The van der Waals surface area contributed by atoms with Crippen LogP contribution in [0.1, 0.15) is 18.9 Å². The Morgan fingerprint density at radius 2 is 1.66 bits per heavy atom. The van der Waals surface area contributed by atoms with E-state index in [0.717, 1.165) is 17.7 Å². The zero-order valence-corrected chi connectivity index (χ0v) is 17.9. The second kappa shape index (κ2) is 6.90. The Kier molecular flexibility index (Phi) is 4.21. The van der Waals surface area contributed by atoms with Crippen LogP contribution in [0.25, 0.3) is 0 Å². The van der Waals surface area contributed by atoms with E-state index in [9.17, 15) is 14.4 Å². The Morgan fingerprint density at radius 3 is 2.31 bits per heavy atom. The van der Waals surface area contributed by atoms with Gasteiger partial charge in [-0.25, -0.2) is 0 Å². The molecule has 2 aromatic carbocycles. The van der Waals surface area contributed by atoms with Crippen LogP contribution in [0.3, 0.4) is 0 Å². The van der Waals surface area contributed by atoms with Gasteiger partial charge in [-0.05, 0) is 54.3 Å². The van der Waals surface area contributed by atoms with Crippen molar-refractivity contribution in [3.05, 3.63) is 59.1 Å². The van der Waals surface area contributed by atoms with Crippen molar-refractivity contribution >= 4 is 40.8 Å². The second-order valence-electron chi connectivity index (χ2n) is 8.79. The van der Waals surface area contributed by atoms with Crippen LogP contribution in [0.15, 0.2) is 53.7 Å². The average Bonchev–Trinajstić information content (AvgIpc) is 3.50. The molecule has 6 rings (SSSR count). The number of benzene rings is 2. The third kappa shape index (κ3) is 2.67. The Morgan fingerprint density at radius 1 is 1.00 bits per heavy atom. The summed E-state index contributed by atoms with van der Waals surface area (Å²) in [5.74, 6) is -1.22. The molecule has 0 unspecified atom stereocenters. The summed E-state index contributed by atoms with van der Waals surface area (Å²) < 4.78 is 5.05. The molecule has 2 heterocycles. The molecule has 2 aliphatic carbocycles. The van der Waals surface area contributed by atoms with Crippen molar-refractivity contribution in [3.8, 4) is 5.75 Å². The second-order valence-corrected chi connectivity index (χ2v) is 9.23. The van der Waals surface area contributed by atoms with Gasteiger partial charge >= 0.3 is 5.97 Å². The van der Waals surface area contributed by atoms with Crippen LogP contribution < -0.4 is 9.64 Å². The Balaban J connectivity index is 1.29. The molecule has 0 radical (unpaired) electrons. The summed E-state index contributed by atoms with van der Waals surface area (Å²) in [4.78, 5) is 45.0. The molecule has 0 aromatic heterocycles. The number of halogens is 1. The summed E-state index contributed by atoms with van der Waals surface area (Å²) in [5.41, 5.74) is 2.25. The quantitative estimate of drug-likeness (QED) is 0.406. The molecular weight excluding hydrogens is 432 g/mol. The van der Waals surface area contributed by atoms with E-state index in [4.69, 9.17) is 21.2 Å². The number of nitrogens with zero attached hydrogens (tertiary/aromatic N) is 2. The van der Waals surface area contributed by atoms with Crippen molar-refractivity contribution in [2.24, 2.45) is 34.7 Å². The third-order valence-corrected chi connectivity index (χ3v) is 7.44. The summed E-state index contributed by atoms with van der Waals surface area (Å²) in [7, 11) is 0. The third-order valence-electron chi connectivity index (χ3n) is 7.19.